The number of aliphatic hydroxyl groups is 1. The molecule has 0 spiro atoms. The van der Waals surface area contributed by atoms with Gasteiger partial charge in [0.15, 0.2) is 0 Å². The topological polar surface area (TPSA) is 41.5 Å². The molecule has 1 heterocycles. The van der Waals surface area contributed by atoms with Crippen molar-refractivity contribution in [1.82, 2.24) is 5.32 Å². The highest BCUT2D eigenvalue weighted by Gasteiger charge is 2.25. The molecule has 60 valence electrons. The van der Waals surface area contributed by atoms with Gasteiger partial charge in [-0.3, -0.25) is 0 Å². The van der Waals surface area contributed by atoms with Gasteiger partial charge in [0.25, 0.3) is 0 Å². The van der Waals surface area contributed by atoms with Crippen LogP contribution < -0.4 is 5.32 Å². The third-order valence-electron chi connectivity index (χ3n) is 1.58. The molecule has 3 nitrogen and oxygen atoms in total. The number of hydrogen-bond acceptors (Lipinski definition) is 3. The Morgan fingerprint density at radius 1 is 1.50 bits per heavy atom. The van der Waals surface area contributed by atoms with Crippen LogP contribution in [0.4, 0.5) is 0 Å². The molecule has 0 amide bonds. The van der Waals surface area contributed by atoms with Crippen molar-refractivity contribution in [3.05, 3.63) is 0 Å². The number of nitrogens with one attached hydrogen (secondary N) is 1. The molecule has 1 aliphatic heterocycles. The highest BCUT2D eigenvalue weighted by Crippen LogP contribution is 2.06. The first-order valence-corrected chi connectivity index (χ1v) is 3.74. The molecule has 1 saturated heterocycles. The lowest BCUT2D eigenvalue weighted by molar-refractivity contribution is -0.0388. The van der Waals surface area contributed by atoms with E-state index < -0.39 is 0 Å². The van der Waals surface area contributed by atoms with E-state index in [4.69, 9.17) is 4.74 Å². The number of ether oxygens (including phenoxy) is 1. The molecule has 0 bridgehead atoms. The van der Waals surface area contributed by atoms with E-state index in [0.717, 1.165) is 6.54 Å². The van der Waals surface area contributed by atoms with Gasteiger partial charge in [0.2, 0.25) is 0 Å². The van der Waals surface area contributed by atoms with E-state index in [9.17, 15) is 5.11 Å². The molecular formula is C7H15NO2. The van der Waals surface area contributed by atoms with Gasteiger partial charge in [-0.25, -0.2) is 0 Å². The summed E-state index contributed by atoms with van der Waals surface area (Å²) in [5.74, 6) is 0. The maximum Gasteiger partial charge on any atom is 0.0973 e. The maximum absolute atomic E-state index is 9.25. The molecular weight excluding hydrogens is 130 g/mol. The predicted octanol–water partition coefficient (Wildman–Crippen LogP) is -0.256. The van der Waals surface area contributed by atoms with Crippen LogP contribution >= 0.6 is 0 Å². The SMILES string of the molecule is CC(C)O[C@@H]1CNC[C@H]1O. The van der Waals surface area contributed by atoms with Gasteiger partial charge in [0, 0.05) is 13.1 Å². The molecule has 1 aliphatic rings. The molecule has 0 unspecified atom stereocenters. The molecule has 0 aromatic heterocycles. The van der Waals surface area contributed by atoms with Gasteiger partial charge in [-0.05, 0) is 13.8 Å². The normalized spacial score (nSPS) is 33.6. The lowest BCUT2D eigenvalue weighted by Crippen LogP contribution is -2.29. The van der Waals surface area contributed by atoms with Gasteiger partial charge in [-0.1, -0.05) is 0 Å². The first-order chi connectivity index (χ1) is 4.70. The summed E-state index contributed by atoms with van der Waals surface area (Å²) in [5.41, 5.74) is 0. The van der Waals surface area contributed by atoms with E-state index in [1.54, 1.807) is 0 Å². The smallest absolute Gasteiger partial charge is 0.0973 e. The van der Waals surface area contributed by atoms with Crippen LogP contribution in [0, 0.1) is 0 Å². The Morgan fingerprint density at radius 3 is 2.60 bits per heavy atom. The van der Waals surface area contributed by atoms with Crippen molar-refractivity contribution >= 4 is 0 Å². The summed E-state index contributed by atoms with van der Waals surface area (Å²) in [5, 5.41) is 12.3. The largest absolute Gasteiger partial charge is 0.389 e. The van der Waals surface area contributed by atoms with Gasteiger partial charge in [-0.15, -0.1) is 0 Å². The average molecular weight is 145 g/mol. The average Bonchev–Trinajstić information content (AvgIpc) is 2.15. The third-order valence-corrected chi connectivity index (χ3v) is 1.58. The molecule has 0 aromatic carbocycles. The summed E-state index contributed by atoms with van der Waals surface area (Å²) in [7, 11) is 0. The van der Waals surface area contributed by atoms with Crippen LogP contribution in [0.1, 0.15) is 13.8 Å². The summed E-state index contributed by atoms with van der Waals surface area (Å²) in [6, 6.07) is 0. The van der Waals surface area contributed by atoms with E-state index in [-0.39, 0.29) is 18.3 Å². The van der Waals surface area contributed by atoms with Crippen LogP contribution in [0.2, 0.25) is 0 Å². The molecule has 2 N–H and O–H groups in total. The zero-order chi connectivity index (χ0) is 7.56. The van der Waals surface area contributed by atoms with Crippen molar-refractivity contribution in [2.45, 2.75) is 32.2 Å². The Kier molecular flexibility index (Phi) is 2.65. The van der Waals surface area contributed by atoms with Gasteiger partial charge < -0.3 is 15.2 Å². The molecule has 3 heteroatoms. The molecule has 2 atom stereocenters. The number of β-amino-alcohol motifs (C(OH)–C–C–N with tert-alkyl or cyclic N) is 1. The molecule has 0 radical (unpaired) electrons. The van der Waals surface area contributed by atoms with E-state index in [1.165, 1.54) is 0 Å². The summed E-state index contributed by atoms with van der Waals surface area (Å²) >= 11 is 0. The monoisotopic (exact) mass is 145 g/mol. The van der Waals surface area contributed by atoms with Crippen LogP contribution in [0.15, 0.2) is 0 Å². The van der Waals surface area contributed by atoms with E-state index in [1.807, 2.05) is 13.8 Å². The van der Waals surface area contributed by atoms with Crippen LogP contribution in [-0.4, -0.2) is 36.5 Å². The Morgan fingerprint density at radius 2 is 2.20 bits per heavy atom. The second-order valence-corrected chi connectivity index (χ2v) is 2.95. The number of rotatable bonds is 2. The van der Waals surface area contributed by atoms with E-state index in [0.29, 0.717) is 6.54 Å². The number of aliphatic hydroxyl groups excluding tert-OH is 1. The lowest BCUT2D eigenvalue weighted by Gasteiger charge is -2.16. The molecule has 0 aromatic rings. The minimum atomic E-state index is -0.317. The molecule has 10 heavy (non-hydrogen) atoms. The first kappa shape index (κ1) is 7.98. The zero-order valence-electron chi connectivity index (χ0n) is 6.50. The highest BCUT2D eigenvalue weighted by molar-refractivity contribution is 4.81. The molecule has 1 fully saturated rings. The first-order valence-electron chi connectivity index (χ1n) is 3.74. The summed E-state index contributed by atoms with van der Waals surface area (Å²) in [4.78, 5) is 0. The van der Waals surface area contributed by atoms with Gasteiger partial charge in [-0.2, -0.15) is 0 Å². The highest BCUT2D eigenvalue weighted by atomic mass is 16.5. The summed E-state index contributed by atoms with van der Waals surface area (Å²) in [6.45, 7) is 5.40. The Balaban J connectivity index is 2.26. The van der Waals surface area contributed by atoms with Crippen molar-refractivity contribution in [1.29, 1.82) is 0 Å². The van der Waals surface area contributed by atoms with E-state index >= 15 is 0 Å². The van der Waals surface area contributed by atoms with Crippen molar-refractivity contribution in [3.8, 4) is 0 Å². The van der Waals surface area contributed by atoms with Crippen molar-refractivity contribution < 1.29 is 9.84 Å². The zero-order valence-corrected chi connectivity index (χ0v) is 6.50. The minimum absolute atomic E-state index is 0.000000000000000222. The van der Waals surface area contributed by atoms with Crippen molar-refractivity contribution in [2.24, 2.45) is 0 Å². The fraction of sp³-hybridized carbons (Fsp3) is 1.00. The van der Waals surface area contributed by atoms with Gasteiger partial charge >= 0.3 is 0 Å². The van der Waals surface area contributed by atoms with Crippen LogP contribution in [0.3, 0.4) is 0 Å². The third kappa shape index (κ3) is 1.94. The quantitative estimate of drug-likeness (QED) is 0.562. The second-order valence-electron chi connectivity index (χ2n) is 2.95. The minimum Gasteiger partial charge on any atom is -0.389 e. The van der Waals surface area contributed by atoms with Crippen molar-refractivity contribution in [3.63, 3.8) is 0 Å². The van der Waals surface area contributed by atoms with Crippen LogP contribution in [0.25, 0.3) is 0 Å². The molecule has 1 rings (SSSR count). The standard InChI is InChI=1S/C7H15NO2/c1-5(2)10-7-4-8-3-6(7)9/h5-9H,3-4H2,1-2H3/t6-,7-/m1/s1. The van der Waals surface area contributed by atoms with Crippen LogP contribution in [-0.2, 0) is 4.74 Å². The molecule has 0 aliphatic carbocycles. The Labute approximate surface area is 61.4 Å². The number of hydrogen-bond donors (Lipinski definition) is 2. The van der Waals surface area contributed by atoms with Crippen molar-refractivity contribution in [2.75, 3.05) is 13.1 Å². The summed E-state index contributed by atoms with van der Waals surface area (Å²) in [6.07, 6.45) is -0.109. The van der Waals surface area contributed by atoms with Gasteiger partial charge in [0.05, 0.1) is 18.3 Å². The summed E-state index contributed by atoms with van der Waals surface area (Å²) < 4.78 is 5.41. The Bertz CT molecular complexity index is 106. The molecule has 0 saturated carbocycles. The van der Waals surface area contributed by atoms with E-state index in [2.05, 4.69) is 5.32 Å². The fourth-order valence-electron chi connectivity index (χ4n) is 1.13. The second kappa shape index (κ2) is 3.32. The fourth-order valence-corrected chi connectivity index (χ4v) is 1.13. The van der Waals surface area contributed by atoms with Crippen LogP contribution in [0.5, 0.6) is 0 Å². The van der Waals surface area contributed by atoms with Gasteiger partial charge in [0.1, 0.15) is 0 Å². The lowest BCUT2D eigenvalue weighted by atomic mass is 10.2. The maximum atomic E-state index is 9.25. The Hall–Kier alpha value is -0.120. The predicted molar refractivity (Wildman–Crippen MR) is 38.9 cm³/mol.